The predicted octanol–water partition coefficient (Wildman–Crippen LogP) is 2.88. The number of amides is 1. The number of aryl methyl sites for hydroxylation is 1. The molecule has 0 radical (unpaired) electrons. The first-order valence-corrected chi connectivity index (χ1v) is 8.41. The summed E-state index contributed by atoms with van der Waals surface area (Å²) in [6.45, 7) is 5.60. The Kier molecular flexibility index (Phi) is 3.85. The van der Waals surface area contributed by atoms with Gasteiger partial charge in [0.2, 0.25) is 5.91 Å². The highest BCUT2D eigenvalue weighted by Gasteiger charge is 2.32. The summed E-state index contributed by atoms with van der Waals surface area (Å²) in [6, 6.07) is 6.09. The van der Waals surface area contributed by atoms with Crippen molar-refractivity contribution in [3.63, 3.8) is 0 Å². The third-order valence-corrected chi connectivity index (χ3v) is 5.20. The molecule has 1 aromatic heterocycles. The highest BCUT2D eigenvalue weighted by molar-refractivity contribution is 8.00. The SMILES string of the molecule is CCOc1cccc2c1c1c(n2CC)CCSC1C(N)=O. The molecule has 0 aliphatic carbocycles. The maximum absolute atomic E-state index is 11.9. The number of primary amides is 1. The van der Waals surface area contributed by atoms with Crippen LogP contribution in [0.5, 0.6) is 5.75 Å². The van der Waals surface area contributed by atoms with E-state index in [1.807, 2.05) is 19.1 Å². The molecule has 1 unspecified atom stereocenters. The fraction of sp³-hybridized carbons (Fsp3) is 0.438. The summed E-state index contributed by atoms with van der Waals surface area (Å²) in [4.78, 5) is 11.9. The molecule has 1 aliphatic rings. The number of thioether (sulfide) groups is 1. The van der Waals surface area contributed by atoms with Crippen LogP contribution in [0.15, 0.2) is 18.2 Å². The normalized spacial score (nSPS) is 17.7. The molecule has 0 bridgehead atoms. The number of rotatable bonds is 4. The molecule has 0 spiro atoms. The highest BCUT2D eigenvalue weighted by Crippen LogP contribution is 2.45. The average Bonchev–Trinajstić information content (AvgIpc) is 2.81. The molecule has 21 heavy (non-hydrogen) atoms. The lowest BCUT2D eigenvalue weighted by Crippen LogP contribution is -2.23. The number of carbonyl (C=O) groups is 1. The summed E-state index contributed by atoms with van der Waals surface area (Å²) < 4.78 is 8.09. The van der Waals surface area contributed by atoms with Gasteiger partial charge in [-0.3, -0.25) is 4.79 Å². The first kappa shape index (κ1) is 14.3. The van der Waals surface area contributed by atoms with Gasteiger partial charge in [-0.1, -0.05) is 6.07 Å². The number of hydrogen-bond donors (Lipinski definition) is 1. The summed E-state index contributed by atoms with van der Waals surface area (Å²) >= 11 is 1.64. The average molecular weight is 304 g/mol. The number of nitrogens with two attached hydrogens (primary N) is 1. The molecule has 1 aliphatic heterocycles. The molecule has 5 heteroatoms. The monoisotopic (exact) mass is 304 g/mol. The Hall–Kier alpha value is -1.62. The molecule has 0 fully saturated rings. The molecule has 1 aromatic carbocycles. The van der Waals surface area contributed by atoms with E-state index < -0.39 is 0 Å². The molecule has 112 valence electrons. The van der Waals surface area contributed by atoms with Crippen LogP contribution in [0.3, 0.4) is 0 Å². The van der Waals surface area contributed by atoms with Gasteiger partial charge in [0.1, 0.15) is 11.0 Å². The van der Waals surface area contributed by atoms with E-state index in [1.165, 1.54) is 5.69 Å². The van der Waals surface area contributed by atoms with Gasteiger partial charge in [-0.05, 0) is 38.2 Å². The van der Waals surface area contributed by atoms with Crippen molar-refractivity contribution in [2.45, 2.75) is 32.1 Å². The van der Waals surface area contributed by atoms with E-state index >= 15 is 0 Å². The molecule has 1 amide bonds. The zero-order valence-corrected chi connectivity index (χ0v) is 13.2. The molecule has 1 atom stereocenters. The second kappa shape index (κ2) is 5.64. The number of carbonyl (C=O) groups excluding carboxylic acids is 1. The fourth-order valence-electron chi connectivity index (χ4n) is 3.22. The summed E-state index contributed by atoms with van der Waals surface area (Å²) in [5.74, 6) is 1.52. The van der Waals surface area contributed by atoms with Crippen LogP contribution in [-0.4, -0.2) is 22.8 Å². The third kappa shape index (κ3) is 2.20. The molecule has 2 N–H and O–H groups in total. The molecule has 2 aromatic rings. The van der Waals surface area contributed by atoms with Crippen molar-refractivity contribution >= 4 is 28.6 Å². The van der Waals surface area contributed by atoms with Crippen molar-refractivity contribution in [2.75, 3.05) is 12.4 Å². The van der Waals surface area contributed by atoms with Crippen LogP contribution < -0.4 is 10.5 Å². The Morgan fingerprint density at radius 1 is 1.48 bits per heavy atom. The van der Waals surface area contributed by atoms with E-state index in [9.17, 15) is 4.79 Å². The molecular formula is C16H20N2O2S. The van der Waals surface area contributed by atoms with Gasteiger partial charge in [-0.15, -0.1) is 11.8 Å². The van der Waals surface area contributed by atoms with Gasteiger partial charge < -0.3 is 15.0 Å². The van der Waals surface area contributed by atoms with E-state index in [4.69, 9.17) is 10.5 Å². The van der Waals surface area contributed by atoms with E-state index in [2.05, 4.69) is 17.6 Å². The standard InChI is InChI=1S/C16H20N2O2S/c1-3-18-10-6-5-7-12(20-4-2)13(10)14-11(18)8-9-21-15(14)16(17)19/h5-7,15H,3-4,8-9H2,1-2H3,(H2,17,19). The molecule has 3 rings (SSSR count). The zero-order chi connectivity index (χ0) is 15.0. The number of fused-ring (bicyclic) bond motifs is 3. The second-order valence-corrected chi connectivity index (χ2v) is 6.30. The first-order chi connectivity index (χ1) is 10.2. The molecule has 4 nitrogen and oxygen atoms in total. The largest absolute Gasteiger partial charge is 0.493 e. The summed E-state index contributed by atoms with van der Waals surface area (Å²) in [7, 11) is 0. The zero-order valence-electron chi connectivity index (χ0n) is 12.4. The molecule has 0 saturated carbocycles. The number of nitrogens with zero attached hydrogens (tertiary/aromatic N) is 1. The van der Waals surface area contributed by atoms with Crippen LogP contribution in [0.2, 0.25) is 0 Å². The third-order valence-electron chi connectivity index (χ3n) is 3.96. The minimum atomic E-state index is -0.273. The van der Waals surface area contributed by atoms with Gasteiger partial charge in [0.25, 0.3) is 0 Å². The second-order valence-electron chi connectivity index (χ2n) is 5.09. The van der Waals surface area contributed by atoms with Gasteiger partial charge >= 0.3 is 0 Å². The molecular weight excluding hydrogens is 284 g/mol. The first-order valence-electron chi connectivity index (χ1n) is 7.36. The highest BCUT2D eigenvalue weighted by atomic mass is 32.2. The van der Waals surface area contributed by atoms with Crippen LogP contribution in [0.1, 0.15) is 30.4 Å². The van der Waals surface area contributed by atoms with Gasteiger partial charge in [-0.2, -0.15) is 0 Å². The van der Waals surface area contributed by atoms with Gasteiger partial charge in [0.15, 0.2) is 0 Å². The lowest BCUT2D eigenvalue weighted by molar-refractivity contribution is -0.117. The van der Waals surface area contributed by atoms with Crippen molar-refractivity contribution < 1.29 is 9.53 Å². The topological polar surface area (TPSA) is 57.2 Å². The molecule has 2 heterocycles. The summed E-state index contributed by atoms with van der Waals surface area (Å²) in [5, 5.41) is 0.790. The van der Waals surface area contributed by atoms with E-state index in [0.29, 0.717) is 6.61 Å². The smallest absolute Gasteiger partial charge is 0.235 e. The maximum atomic E-state index is 11.9. The number of hydrogen-bond acceptors (Lipinski definition) is 3. The Morgan fingerprint density at radius 2 is 2.29 bits per heavy atom. The molecule has 0 saturated heterocycles. The van der Waals surface area contributed by atoms with Crippen molar-refractivity contribution in [2.24, 2.45) is 5.73 Å². The van der Waals surface area contributed by atoms with Gasteiger partial charge in [0.05, 0.1) is 12.1 Å². The lowest BCUT2D eigenvalue weighted by Gasteiger charge is -2.21. The van der Waals surface area contributed by atoms with E-state index in [-0.39, 0.29) is 11.2 Å². The van der Waals surface area contributed by atoms with Gasteiger partial charge in [0, 0.05) is 23.2 Å². The van der Waals surface area contributed by atoms with Crippen molar-refractivity contribution in [3.05, 3.63) is 29.5 Å². The maximum Gasteiger partial charge on any atom is 0.235 e. The number of ether oxygens (including phenoxy) is 1. The van der Waals surface area contributed by atoms with Crippen LogP contribution in [0, 0.1) is 0 Å². The Balaban J connectivity index is 2.35. The Labute approximate surface area is 128 Å². The minimum absolute atomic E-state index is 0.262. The quantitative estimate of drug-likeness (QED) is 0.945. The predicted molar refractivity (Wildman–Crippen MR) is 86.9 cm³/mol. The fourth-order valence-corrected chi connectivity index (χ4v) is 4.35. The minimum Gasteiger partial charge on any atom is -0.493 e. The number of benzene rings is 1. The van der Waals surface area contributed by atoms with Crippen molar-refractivity contribution in [1.82, 2.24) is 4.57 Å². The van der Waals surface area contributed by atoms with Gasteiger partial charge in [-0.25, -0.2) is 0 Å². The van der Waals surface area contributed by atoms with E-state index in [1.54, 1.807) is 11.8 Å². The van der Waals surface area contributed by atoms with Crippen LogP contribution in [0.25, 0.3) is 10.9 Å². The van der Waals surface area contributed by atoms with Crippen LogP contribution in [0.4, 0.5) is 0 Å². The summed E-state index contributed by atoms with van der Waals surface area (Å²) in [5.41, 5.74) is 9.09. The van der Waals surface area contributed by atoms with E-state index in [0.717, 1.165) is 40.9 Å². The number of aromatic nitrogens is 1. The lowest BCUT2D eigenvalue weighted by atomic mass is 10.0. The Bertz CT molecular complexity index is 693. The van der Waals surface area contributed by atoms with Crippen molar-refractivity contribution in [1.29, 1.82) is 0 Å². The van der Waals surface area contributed by atoms with Crippen LogP contribution in [-0.2, 0) is 17.8 Å². The summed E-state index contributed by atoms with van der Waals surface area (Å²) in [6.07, 6.45) is 0.970. The van der Waals surface area contributed by atoms with Crippen LogP contribution >= 0.6 is 11.8 Å². The Morgan fingerprint density at radius 3 is 2.95 bits per heavy atom. The van der Waals surface area contributed by atoms with Crippen molar-refractivity contribution in [3.8, 4) is 5.75 Å².